The van der Waals surface area contributed by atoms with E-state index in [0.29, 0.717) is 11.5 Å². The first-order valence-corrected chi connectivity index (χ1v) is 22.5. The molecule has 7 heteroatoms. The zero-order valence-corrected chi connectivity index (χ0v) is 40.6. The summed E-state index contributed by atoms with van der Waals surface area (Å²) in [6, 6.07) is 58.7. The van der Waals surface area contributed by atoms with Crippen LogP contribution in [0.25, 0.3) is 33.4 Å². The van der Waals surface area contributed by atoms with Gasteiger partial charge in [0.25, 0.3) is 0 Å². The SMILES string of the molecule is CC(C)(C)c1ccc2c(c1)N(c1ccccn1)c1[c-]c(Oc3[c-]c(N4[CH-]N(c5c(-c6ccccc6)cc(C(C)(C)C)cc5C(C)(C)C)c5cccnc54)ccc3)ccc1-c1ccccc1-2.[Pd]. The molecule has 8 aromatic rings. The number of ether oxygens (including phenoxy) is 1. The van der Waals surface area contributed by atoms with Crippen molar-refractivity contribution < 1.29 is 25.2 Å². The summed E-state index contributed by atoms with van der Waals surface area (Å²) in [7, 11) is 0. The van der Waals surface area contributed by atoms with Crippen molar-refractivity contribution in [2.45, 2.75) is 78.6 Å². The van der Waals surface area contributed by atoms with E-state index in [9.17, 15) is 0 Å². The second-order valence-electron chi connectivity index (χ2n) is 20.1. The predicted octanol–water partition coefficient (Wildman–Crippen LogP) is 16.0. The molecule has 0 fully saturated rings. The van der Waals surface area contributed by atoms with Crippen molar-refractivity contribution in [3.63, 3.8) is 0 Å². The molecule has 334 valence electrons. The molecule has 2 aliphatic rings. The predicted molar refractivity (Wildman–Crippen MR) is 268 cm³/mol. The summed E-state index contributed by atoms with van der Waals surface area (Å²) in [5, 5.41) is 0. The molecular weight excluding hydrogens is 901 g/mol. The molecule has 0 amide bonds. The number of hydrogen-bond acceptors (Lipinski definition) is 6. The number of pyridine rings is 2. The Morgan fingerprint density at radius 3 is 1.89 bits per heavy atom. The van der Waals surface area contributed by atoms with Crippen molar-refractivity contribution in [1.29, 1.82) is 0 Å². The number of fused-ring (bicyclic) bond motifs is 6. The molecule has 0 bridgehead atoms. The second kappa shape index (κ2) is 17.0. The van der Waals surface area contributed by atoms with E-state index in [-0.39, 0.29) is 36.7 Å². The van der Waals surface area contributed by atoms with Gasteiger partial charge in [-0.15, -0.1) is 42.6 Å². The quantitative estimate of drug-likeness (QED) is 0.122. The number of aromatic nitrogens is 2. The van der Waals surface area contributed by atoms with E-state index < -0.39 is 0 Å². The molecule has 0 saturated heterocycles. The van der Waals surface area contributed by atoms with Gasteiger partial charge in [-0.1, -0.05) is 158 Å². The van der Waals surface area contributed by atoms with E-state index in [0.717, 1.165) is 62.3 Å². The number of nitrogens with zero attached hydrogens (tertiary/aromatic N) is 5. The molecule has 2 aromatic heterocycles. The minimum absolute atomic E-state index is 0. The van der Waals surface area contributed by atoms with E-state index in [2.05, 4.69) is 205 Å². The smallest absolute Gasteiger partial charge is 0.135 e. The maximum atomic E-state index is 6.78. The molecule has 10 rings (SSSR count). The fraction of sp³-hybridized carbons (Fsp3) is 0.203. The van der Waals surface area contributed by atoms with E-state index in [1.807, 2.05) is 48.8 Å². The Morgan fingerprint density at radius 1 is 0.500 bits per heavy atom. The molecule has 6 nitrogen and oxygen atoms in total. The first kappa shape index (κ1) is 44.7. The van der Waals surface area contributed by atoms with Gasteiger partial charge in [-0.25, -0.2) is 9.97 Å². The normalized spacial score (nSPS) is 13.3. The Kier molecular flexibility index (Phi) is 11.5. The molecular formula is C59H54N5OPd-3. The van der Waals surface area contributed by atoms with Crippen LogP contribution in [0.5, 0.6) is 11.5 Å². The van der Waals surface area contributed by atoms with Gasteiger partial charge in [-0.2, -0.15) is 12.1 Å². The Balaban J connectivity index is 0.00000548. The van der Waals surface area contributed by atoms with Gasteiger partial charge < -0.3 is 19.4 Å². The van der Waals surface area contributed by atoms with Gasteiger partial charge in [-0.05, 0) is 80.5 Å². The first-order valence-electron chi connectivity index (χ1n) is 22.5. The molecule has 4 heterocycles. The molecule has 0 saturated carbocycles. The van der Waals surface area contributed by atoms with Crippen LogP contribution in [0.2, 0.25) is 0 Å². The summed E-state index contributed by atoms with van der Waals surface area (Å²) in [5.41, 5.74) is 15.1. The van der Waals surface area contributed by atoms with Gasteiger partial charge in [0.15, 0.2) is 0 Å². The average molecular weight is 956 g/mol. The van der Waals surface area contributed by atoms with E-state index >= 15 is 0 Å². The monoisotopic (exact) mass is 954 g/mol. The molecule has 66 heavy (non-hydrogen) atoms. The van der Waals surface area contributed by atoms with E-state index in [4.69, 9.17) is 14.7 Å². The Labute approximate surface area is 404 Å². The topological polar surface area (TPSA) is 44.7 Å². The van der Waals surface area contributed by atoms with Crippen molar-refractivity contribution in [1.82, 2.24) is 9.97 Å². The molecule has 0 aliphatic carbocycles. The van der Waals surface area contributed by atoms with Crippen LogP contribution in [0, 0.1) is 18.8 Å². The van der Waals surface area contributed by atoms with Gasteiger partial charge >= 0.3 is 0 Å². The number of rotatable bonds is 6. The molecule has 0 radical (unpaired) electrons. The maximum Gasteiger partial charge on any atom is 0.135 e. The number of hydrogen-bond donors (Lipinski definition) is 0. The molecule has 0 spiro atoms. The Bertz CT molecular complexity index is 3070. The summed E-state index contributed by atoms with van der Waals surface area (Å²) in [6.07, 6.45) is 3.70. The third-order valence-electron chi connectivity index (χ3n) is 12.4. The van der Waals surface area contributed by atoms with Crippen molar-refractivity contribution in [3.05, 3.63) is 193 Å². The minimum Gasteiger partial charge on any atom is -0.509 e. The molecule has 0 atom stereocenters. The summed E-state index contributed by atoms with van der Waals surface area (Å²) in [4.78, 5) is 16.5. The van der Waals surface area contributed by atoms with Crippen LogP contribution < -0.4 is 19.4 Å². The van der Waals surface area contributed by atoms with E-state index in [1.54, 1.807) is 0 Å². The van der Waals surface area contributed by atoms with Gasteiger partial charge in [0.05, 0.1) is 11.4 Å². The summed E-state index contributed by atoms with van der Waals surface area (Å²) < 4.78 is 6.78. The Hall–Kier alpha value is -6.52. The zero-order chi connectivity index (χ0) is 45.3. The van der Waals surface area contributed by atoms with E-state index in [1.165, 1.54) is 27.8 Å². The standard InChI is InChI=1S/C59H54N5O.Pd/c1-57(2,3)40-27-29-47-45-23-13-14-24-46(45)48-30-28-44(37-53(48)64(52(47)35-40)54-26-15-16-31-60-54)65-43-22-17-21-42(36-43)62-38-63(51-25-18-32-61-56(51)62)55-49(39-19-11-10-12-20-39)33-41(58(4,5)6)34-50(55)59(7,8)9;/h10-35,38H,1-9H3;/q-3;. The fourth-order valence-electron chi connectivity index (χ4n) is 8.97. The molecule has 6 aromatic carbocycles. The van der Waals surface area contributed by atoms with Crippen LogP contribution in [-0.2, 0) is 36.7 Å². The van der Waals surface area contributed by atoms with Gasteiger partial charge in [0, 0.05) is 61.1 Å². The van der Waals surface area contributed by atoms with Crippen LogP contribution in [0.4, 0.5) is 40.1 Å². The zero-order valence-electron chi connectivity index (χ0n) is 39.0. The largest absolute Gasteiger partial charge is 0.509 e. The van der Waals surface area contributed by atoms with Crippen LogP contribution in [0.15, 0.2) is 158 Å². The van der Waals surface area contributed by atoms with Gasteiger partial charge in [0.2, 0.25) is 0 Å². The van der Waals surface area contributed by atoms with Crippen LogP contribution >= 0.6 is 0 Å². The van der Waals surface area contributed by atoms with Crippen molar-refractivity contribution in [2.24, 2.45) is 0 Å². The summed E-state index contributed by atoms with van der Waals surface area (Å²) in [6.45, 7) is 22.7. The summed E-state index contributed by atoms with van der Waals surface area (Å²) >= 11 is 0. The number of benzene rings is 6. The first-order chi connectivity index (χ1) is 31.1. The van der Waals surface area contributed by atoms with Crippen molar-refractivity contribution in [3.8, 4) is 44.9 Å². The molecule has 0 unspecified atom stereocenters. The third kappa shape index (κ3) is 8.21. The number of anilines is 7. The van der Waals surface area contributed by atoms with Gasteiger partial charge in [-0.3, -0.25) is 0 Å². The Morgan fingerprint density at radius 2 is 1.18 bits per heavy atom. The van der Waals surface area contributed by atoms with Crippen LogP contribution in [0.3, 0.4) is 0 Å². The average Bonchev–Trinajstić information content (AvgIpc) is 3.63. The van der Waals surface area contributed by atoms with Crippen molar-refractivity contribution >= 4 is 40.1 Å². The van der Waals surface area contributed by atoms with Crippen molar-refractivity contribution in [2.75, 3.05) is 14.7 Å². The third-order valence-corrected chi connectivity index (χ3v) is 12.4. The molecule has 2 aliphatic heterocycles. The fourth-order valence-corrected chi connectivity index (χ4v) is 8.97. The van der Waals surface area contributed by atoms with Crippen LogP contribution in [0.1, 0.15) is 79.0 Å². The minimum atomic E-state index is -0.167. The summed E-state index contributed by atoms with van der Waals surface area (Å²) in [5.74, 6) is 2.74. The van der Waals surface area contributed by atoms with Crippen LogP contribution in [-0.4, -0.2) is 9.97 Å². The van der Waals surface area contributed by atoms with Gasteiger partial charge in [0.1, 0.15) is 11.6 Å². The second-order valence-corrected chi connectivity index (χ2v) is 20.1. The molecule has 0 N–H and O–H groups in total. The maximum absolute atomic E-state index is 6.78.